The second-order valence-corrected chi connectivity index (χ2v) is 5.14. The van der Waals surface area contributed by atoms with E-state index in [4.69, 9.17) is 0 Å². The topological polar surface area (TPSA) is 43.8 Å². The molecule has 1 heterocycles. The van der Waals surface area contributed by atoms with Crippen LogP contribution in [0, 0.1) is 17.5 Å². The number of hydrogen-bond acceptors (Lipinski definition) is 3. The Morgan fingerprint density at radius 3 is 2.29 bits per heavy atom. The number of benzene rings is 1. The van der Waals surface area contributed by atoms with E-state index < -0.39 is 23.6 Å². The third-order valence-electron chi connectivity index (χ3n) is 3.52. The molecule has 1 unspecified atom stereocenters. The van der Waals surface area contributed by atoms with Gasteiger partial charge in [-0.1, -0.05) is 0 Å². The summed E-state index contributed by atoms with van der Waals surface area (Å²) in [6.45, 7) is 3.35. The molecule has 0 aliphatic carbocycles. The average Bonchev–Trinajstić information content (AvgIpc) is 2.44. The van der Waals surface area contributed by atoms with Crippen LogP contribution in [0.2, 0.25) is 0 Å². The molecule has 1 saturated heterocycles. The predicted molar refractivity (Wildman–Crippen MR) is 69.9 cm³/mol. The SMILES string of the molecule is CC(O)C(=O)N1CCN(Cc2cc(F)c(F)cc2F)CC1. The molecule has 0 aromatic heterocycles. The summed E-state index contributed by atoms with van der Waals surface area (Å²) in [6, 6.07) is 1.40. The van der Waals surface area contributed by atoms with Gasteiger partial charge in [0.05, 0.1) is 0 Å². The van der Waals surface area contributed by atoms with Gasteiger partial charge in [0.15, 0.2) is 11.6 Å². The van der Waals surface area contributed by atoms with Crippen molar-refractivity contribution < 1.29 is 23.1 Å². The number of piperazine rings is 1. The third kappa shape index (κ3) is 3.74. The Labute approximate surface area is 120 Å². The number of aliphatic hydroxyl groups excluding tert-OH is 1. The van der Waals surface area contributed by atoms with Crippen LogP contribution in [0.5, 0.6) is 0 Å². The second kappa shape index (κ2) is 6.44. The maximum atomic E-state index is 13.6. The molecule has 1 N–H and O–H groups in total. The molecule has 1 amide bonds. The number of hydrogen-bond donors (Lipinski definition) is 1. The molecule has 0 saturated carbocycles. The van der Waals surface area contributed by atoms with Crippen molar-refractivity contribution in [2.24, 2.45) is 0 Å². The molecule has 1 fully saturated rings. The second-order valence-electron chi connectivity index (χ2n) is 5.14. The highest BCUT2D eigenvalue weighted by atomic mass is 19.2. The molecule has 0 radical (unpaired) electrons. The minimum atomic E-state index is -1.21. The Bertz CT molecular complexity index is 529. The summed E-state index contributed by atoms with van der Waals surface area (Å²) in [6.07, 6.45) is -1.04. The van der Waals surface area contributed by atoms with Gasteiger partial charge in [0.2, 0.25) is 0 Å². The van der Waals surface area contributed by atoms with Crippen molar-refractivity contribution in [3.8, 4) is 0 Å². The van der Waals surface area contributed by atoms with Gasteiger partial charge in [0.25, 0.3) is 5.91 Å². The molecular formula is C14H17F3N2O2. The van der Waals surface area contributed by atoms with Gasteiger partial charge in [0.1, 0.15) is 11.9 Å². The minimum Gasteiger partial charge on any atom is -0.384 e. The summed E-state index contributed by atoms with van der Waals surface area (Å²) in [5.41, 5.74) is 0.0872. The predicted octanol–water partition coefficient (Wildman–Crippen LogP) is 1.13. The molecule has 1 atom stereocenters. The van der Waals surface area contributed by atoms with Gasteiger partial charge in [-0.05, 0) is 13.0 Å². The summed E-state index contributed by atoms with van der Waals surface area (Å²) >= 11 is 0. The quantitative estimate of drug-likeness (QED) is 0.851. The number of halogens is 3. The molecule has 1 aromatic carbocycles. The van der Waals surface area contributed by atoms with Crippen LogP contribution in [0.4, 0.5) is 13.2 Å². The molecule has 1 aromatic rings. The first-order valence-electron chi connectivity index (χ1n) is 6.71. The van der Waals surface area contributed by atoms with Crippen LogP contribution in [-0.4, -0.2) is 53.1 Å². The zero-order chi connectivity index (χ0) is 15.6. The molecule has 1 aliphatic heterocycles. The fourth-order valence-electron chi connectivity index (χ4n) is 2.32. The number of aliphatic hydroxyl groups is 1. The Hall–Kier alpha value is -1.60. The largest absolute Gasteiger partial charge is 0.384 e. The first kappa shape index (κ1) is 15.8. The van der Waals surface area contributed by atoms with Crippen molar-refractivity contribution in [3.63, 3.8) is 0 Å². The number of carbonyl (C=O) groups is 1. The fraction of sp³-hybridized carbons (Fsp3) is 0.500. The molecule has 21 heavy (non-hydrogen) atoms. The Kier molecular flexibility index (Phi) is 4.84. The highest BCUT2D eigenvalue weighted by Gasteiger charge is 2.24. The van der Waals surface area contributed by atoms with Gasteiger partial charge in [-0.2, -0.15) is 0 Å². The molecule has 0 spiro atoms. The lowest BCUT2D eigenvalue weighted by Crippen LogP contribution is -2.50. The molecule has 0 bridgehead atoms. The molecule has 116 valence electrons. The first-order chi connectivity index (χ1) is 9.88. The van der Waals surface area contributed by atoms with Crippen LogP contribution in [0.3, 0.4) is 0 Å². The molecule has 7 heteroatoms. The third-order valence-corrected chi connectivity index (χ3v) is 3.52. The van der Waals surface area contributed by atoms with E-state index in [1.807, 2.05) is 4.90 Å². The van der Waals surface area contributed by atoms with Crippen molar-refractivity contribution in [3.05, 3.63) is 35.1 Å². The van der Waals surface area contributed by atoms with E-state index in [9.17, 15) is 23.1 Å². The van der Waals surface area contributed by atoms with E-state index in [0.29, 0.717) is 32.2 Å². The summed E-state index contributed by atoms with van der Waals surface area (Å²) in [5.74, 6) is -3.40. The van der Waals surface area contributed by atoms with E-state index in [1.165, 1.54) is 11.8 Å². The van der Waals surface area contributed by atoms with Crippen LogP contribution < -0.4 is 0 Å². The highest BCUT2D eigenvalue weighted by molar-refractivity contribution is 5.80. The number of carbonyl (C=O) groups excluding carboxylic acids is 1. The zero-order valence-electron chi connectivity index (χ0n) is 11.7. The summed E-state index contributed by atoms with van der Waals surface area (Å²) < 4.78 is 39.6. The van der Waals surface area contributed by atoms with Crippen LogP contribution in [0.1, 0.15) is 12.5 Å². The van der Waals surface area contributed by atoms with Crippen LogP contribution >= 0.6 is 0 Å². The summed E-state index contributed by atoms with van der Waals surface area (Å²) in [7, 11) is 0. The Balaban J connectivity index is 1.95. The molecule has 1 aliphatic rings. The van der Waals surface area contributed by atoms with Gasteiger partial charge in [-0.15, -0.1) is 0 Å². The maximum absolute atomic E-state index is 13.6. The van der Waals surface area contributed by atoms with Crippen molar-refractivity contribution in [1.29, 1.82) is 0 Å². The van der Waals surface area contributed by atoms with Gasteiger partial charge >= 0.3 is 0 Å². The van der Waals surface area contributed by atoms with E-state index >= 15 is 0 Å². The lowest BCUT2D eigenvalue weighted by Gasteiger charge is -2.35. The molecule has 4 nitrogen and oxygen atoms in total. The van der Waals surface area contributed by atoms with E-state index in [1.54, 1.807) is 0 Å². The Morgan fingerprint density at radius 1 is 1.14 bits per heavy atom. The molecule has 2 rings (SSSR count). The average molecular weight is 302 g/mol. The minimum absolute atomic E-state index is 0.0872. The van der Waals surface area contributed by atoms with Crippen LogP contribution in [0.25, 0.3) is 0 Å². The van der Waals surface area contributed by atoms with E-state index in [0.717, 1.165) is 6.07 Å². The fourth-order valence-corrected chi connectivity index (χ4v) is 2.32. The standard InChI is InChI=1S/C14H17F3N2O2/c1-9(20)14(21)19-4-2-18(3-5-19)8-10-6-12(16)13(17)7-11(10)15/h6-7,9,20H,2-5,8H2,1H3. The lowest BCUT2D eigenvalue weighted by molar-refractivity contribution is -0.141. The summed E-state index contributed by atoms with van der Waals surface area (Å²) in [5, 5.41) is 9.24. The summed E-state index contributed by atoms with van der Waals surface area (Å²) in [4.78, 5) is 15.0. The number of rotatable bonds is 3. The smallest absolute Gasteiger partial charge is 0.251 e. The number of nitrogens with zero attached hydrogens (tertiary/aromatic N) is 2. The van der Waals surface area contributed by atoms with Gasteiger partial charge in [-0.3, -0.25) is 9.69 Å². The van der Waals surface area contributed by atoms with Gasteiger partial charge < -0.3 is 10.0 Å². The van der Waals surface area contributed by atoms with Crippen LogP contribution in [0.15, 0.2) is 12.1 Å². The Morgan fingerprint density at radius 2 is 1.71 bits per heavy atom. The van der Waals surface area contributed by atoms with Crippen molar-refractivity contribution in [2.75, 3.05) is 26.2 Å². The van der Waals surface area contributed by atoms with E-state index in [2.05, 4.69) is 0 Å². The van der Waals surface area contributed by atoms with Gasteiger partial charge in [0, 0.05) is 44.4 Å². The highest BCUT2D eigenvalue weighted by Crippen LogP contribution is 2.16. The van der Waals surface area contributed by atoms with Crippen LogP contribution in [-0.2, 0) is 11.3 Å². The first-order valence-corrected chi connectivity index (χ1v) is 6.71. The van der Waals surface area contributed by atoms with Gasteiger partial charge in [-0.25, -0.2) is 13.2 Å². The zero-order valence-corrected chi connectivity index (χ0v) is 11.7. The molecular weight excluding hydrogens is 285 g/mol. The normalized spacial score (nSPS) is 17.9. The monoisotopic (exact) mass is 302 g/mol. The maximum Gasteiger partial charge on any atom is 0.251 e. The van der Waals surface area contributed by atoms with E-state index in [-0.39, 0.29) is 18.0 Å². The lowest BCUT2D eigenvalue weighted by atomic mass is 10.1. The van der Waals surface area contributed by atoms with Crippen molar-refractivity contribution in [1.82, 2.24) is 9.80 Å². The van der Waals surface area contributed by atoms with Crippen molar-refractivity contribution >= 4 is 5.91 Å². The number of amides is 1. The van der Waals surface area contributed by atoms with Crippen molar-refractivity contribution in [2.45, 2.75) is 19.6 Å².